The minimum absolute atomic E-state index is 0.0329. The Morgan fingerprint density at radius 1 is 1.04 bits per heavy atom. The molecule has 4 aromatic rings. The van der Waals surface area contributed by atoms with Crippen molar-refractivity contribution < 1.29 is 41.1 Å². The predicted octanol–water partition coefficient (Wildman–Crippen LogP) is 7.19. The summed E-state index contributed by atoms with van der Waals surface area (Å²) in [6.45, 7) is 1.80. The van der Waals surface area contributed by atoms with Crippen molar-refractivity contribution in [2.24, 2.45) is 5.10 Å². The molecule has 45 heavy (non-hydrogen) atoms. The molecule has 2 heterocycles. The Labute approximate surface area is 258 Å². The van der Waals surface area contributed by atoms with E-state index in [1.54, 1.807) is 13.0 Å². The number of ether oxygens (including phenoxy) is 1. The molecule has 3 aromatic carbocycles. The Bertz CT molecular complexity index is 1850. The van der Waals surface area contributed by atoms with E-state index in [-0.39, 0.29) is 46.5 Å². The molecule has 0 fully saturated rings. The zero-order chi connectivity index (χ0) is 32.3. The Morgan fingerprint density at radius 2 is 1.80 bits per heavy atom. The van der Waals surface area contributed by atoms with E-state index < -0.39 is 41.1 Å². The summed E-state index contributed by atoms with van der Waals surface area (Å²) in [5.74, 6) is -2.64. The van der Waals surface area contributed by atoms with Crippen molar-refractivity contribution >= 4 is 46.9 Å². The molecule has 0 saturated heterocycles. The molecule has 0 aliphatic carbocycles. The van der Waals surface area contributed by atoms with Crippen molar-refractivity contribution in [2.45, 2.75) is 19.6 Å². The summed E-state index contributed by atoms with van der Waals surface area (Å²) in [5, 5.41) is 6.90. The van der Waals surface area contributed by atoms with Crippen LogP contribution in [0.25, 0.3) is 17.4 Å². The smallest absolute Gasteiger partial charge is 0.435 e. The van der Waals surface area contributed by atoms with Crippen LogP contribution < -0.4 is 10.3 Å². The number of alkyl halides is 3. The number of nitrogens with one attached hydrogen (secondary N) is 1. The van der Waals surface area contributed by atoms with Crippen LogP contribution in [-0.4, -0.2) is 36.3 Å². The molecule has 0 spiro atoms. The van der Waals surface area contributed by atoms with Crippen LogP contribution >= 0.6 is 11.6 Å². The lowest BCUT2D eigenvalue weighted by Crippen LogP contribution is -2.25. The fourth-order valence-electron chi connectivity index (χ4n) is 4.37. The average molecular weight is 640 g/mol. The SMILES string of the molecule is CCOC(=O)c1cccc(N2N=C(C(F)(F)F)C(=Cc3ccc(-c4ccc(Cl)c(C(=O)NCc5ccc(F)cc5)c4)o3)C2=O)c1. The minimum Gasteiger partial charge on any atom is -0.462 e. The summed E-state index contributed by atoms with van der Waals surface area (Å²) in [6.07, 6.45) is -4.07. The first-order chi connectivity index (χ1) is 21.4. The largest absolute Gasteiger partial charge is 0.462 e. The van der Waals surface area contributed by atoms with E-state index in [9.17, 15) is 31.9 Å². The highest BCUT2D eigenvalue weighted by molar-refractivity contribution is 6.34. The zero-order valence-corrected chi connectivity index (χ0v) is 24.1. The molecule has 8 nitrogen and oxygen atoms in total. The molecular weight excluding hydrogens is 618 g/mol. The highest BCUT2D eigenvalue weighted by atomic mass is 35.5. The van der Waals surface area contributed by atoms with E-state index in [2.05, 4.69) is 10.4 Å². The molecule has 5 rings (SSSR count). The van der Waals surface area contributed by atoms with Gasteiger partial charge in [-0.1, -0.05) is 29.8 Å². The fourth-order valence-corrected chi connectivity index (χ4v) is 4.57. The van der Waals surface area contributed by atoms with E-state index in [0.29, 0.717) is 16.1 Å². The van der Waals surface area contributed by atoms with Gasteiger partial charge in [0, 0.05) is 12.1 Å². The van der Waals surface area contributed by atoms with Crippen molar-refractivity contribution in [2.75, 3.05) is 11.6 Å². The Hall–Kier alpha value is -5.23. The van der Waals surface area contributed by atoms with Gasteiger partial charge in [-0.15, -0.1) is 0 Å². The van der Waals surface area contributed by atoms with Gasteiger partial charge in [-0.05, 0) is 79.2 Å². The Kier molecular flexibility index (Phi) is 8.87. The third kappa shape index (κ3) is 6.96. The van der Waals surface area contributed by atoms with Crippen LogP contribution in [0.5, 0.6) is 0 Å². The molecule has 13 heteroatoms. The van der Waals surface area contributed by atoms with E-state index in [0.717, 1.165) is 6.08 Å². The molecule has 1 aliphatic rings. The highest BCUT2D eigenvalue weighted by Crippen LogP contribution is 2.34. The van der Waals surface area contributed by atoms with Crippen molar-refractivity contribution in [1.29, 1.82) is 0 Å². The summed E-state index contributed by atoms with van der Waals surface area (Å²) in [5.41, 5.74) is -1.11. The van der Waals surface area contributed by atoms with Gasteiger partial charge >= 0.3 is 12.1 Å². The first kappa shape index (κ1) is 31.2. The number of carbonyl (C=O) groups excluding carboxylic acids is 3. The maximum Gasteiger partial charge on any atom is 0.435 e. The van der Waals surface area contributed by atoms with Gasteiger partial charge in [0.05, 0.1) is 34.0 Å². The monoisotopic (exact) mass is 639 g/mol. The third-order valence-corrected chi connectivity index (χ3v) is 6.85. The number of anilines is 1. The van der Waals surface area contributed by atoms with Gasteiger partial charge in [-0.25, -0.2) is 9.18 Å². The first-order valence-corrected chi connectivity index (χ1v) is 13.7. The number of hydrogen-bond acceptors (Lipinski definition) is 6. The molecule has 230 valence electrons. The zero-order valence-electron chi connectivity index (χ0n) is 23.3. The second kappa shape index (κ2) is 12.8. The molecule has 2 amide bonds. The third-order valence-electron chi connectivity index (χ3n) is 6.52. The second-order valence-corrected chi connectivity index (χ2v) is 10.0. The molecule has 1 aliphatic heterocycles. The van der Waals surface area contributed by atoms with E-state index in [1.165, 1.54) is 72.8 Å². The molecule has 0 unspecified atom stereocenters. The van der Waals surface area contributed by atoms with Crippen LogP contribution in [0.4, 0.5) is 23.2 Å². The van der Waals surface area contributed by atoms with Crippen molar-refractivity contribution in [3.8, 4) is 11.3 Å². The lowest BCUT2D eigenvalue weighted by Gasteiger charge is -2.12. The fraction of sp³-hybridized carbons (Fsp3) is 0.125. The van der Waals surface area contributed by atoms with Gasteiger partial charge in [-0.2, -0.15) is 23.3 Å². The van der Waals surface area contributed by atoms with Gasteiger partial charge in [0.1, 0.15) is 17.3 Å². The van der Waals surface area contributed by atoms with Crippen LogP contribution in [0.15, 0.2) is 94.0 Å². The van der Waals surface area contributed by atoms with Crippen molar-refractivity contribution in [3.05, 3.63) is 118 Å². The minimum atomic E-state index is -4.99. The van der Waals surface area contributed by atoms with E-state index >= 15 is 0 Å². The Morgan fingerprint density at radius 3 is 2.51 bits per heavy atom. The quantitative estimate of drug-likeness (QED) is 0.125. The topological polar surface area (TPSA) is 101 Å². The number of amides is 2. The summed E-state index contributed by atoms with van der Waals surface area (Å²) in [4.78, 5) is 38.1. The summed E-state index contributed by atoms with van der Waals surface area (Å²) < 4.78 is 65.7. The number of esters is 1. The number of hydrogen-bond donors (Lipinski definition) is 1. The van der Waals surface area contributed by atoms with Crippen LogP contribution in [0.3, 0.4) is 0 Å². The number of benzene rings is 3. The molecule has 1 N–H and O–H groups in total. The average Bonchev–Trinajstić information content (AvgIpc) is 3.62. The number of rotatable bonds is 8. The lowest BCUT2D eigenvalue weighted by molar-refractivity contribution is -0.114. The predicted molar refractivity (Wildman–Crippen MR) is 158 cm³/mol. The van der Waals surface area contributed by atoms with Crippen LogP contribution in [0.1, 0.15) is 39.0 Å². The standard InChI is InChI=1S/C32H22ClF4N3O5/c1-2-44-31(43)20-4-3-5-22(14-20)40-30(42)25(28(39-40)32(35,36)37)16-23-11-13-27(45-23)19-8-12-26(33)24(15-19)29(41)38-17-18-6-9-21(34)10-7-18/h3-16H,2,17H2,1H3,(H,38,41). The molecular formula is C32H22ClF4N3O5. The number of halogens is 5. The summed E-state index contributed by atoms with van der Waals surface area (Å²) in [7, 11) is 0. The number of nitrogens with zero attached hydrogens (tertiary/aromatic N) is 2. The van der Waals surface area contributed by atoms with E-state index in [4.69, 9.17) is 20.8 Å². The van der Waals surface area contributed by atoms with Crippen LogP contribution in [0.2, 0.25) is 5.02 Å². The lowest BCUT2D eigenvalue weighted by atomic mass is 10.1. The maximum absolute atomic E-state index is 14.0. The van der Waals surface area contributed by atoms with Gasteiger partial charge < -0.3 is 14.5 Å². The number of carbonyl (C=O) groups is 3. The van der Waals surface area contributed by atoms with Crippen LogP contribution in [0, 0.1) is 5.82 Å². The van der Waals surface area contributed by atoms with Crippen molar-refractivity contribution in [1.82, 2.24) is 5.32 Å². The maximum atomic E-state index is 14.0. The molecule has 0 radical (unpaired) electrons. The number of furan rings is 1. The first-order valence-electron chi connectivity index (χ1n) is 13.4. The number of hydrazone groups is 1. The van der Waals surface area contributed by atoms with Crippen LogP contribution in [-0.2, 0) is 16.1 Å². The van der Waals surface area contributed by atoms with Crippen molar-refractivity contribution in [3.63, 3.8) is 0 Å². The summed E-state index contributed by atoms with van der Waals surface area (Å²) >= 11 is 6.24. The second-order valence-electron chi connectivity index (χ2n) is 9.60. The molecule has 1 aromatic heterocycles. The van der Waals surface area contributed by atoms with E-state index in [1.807, 2.05) is 0 Å². The van der Waals surface area contributed by atoms with Gasteiger partial charge in [0.2, 0.25) is 0 Å². The normalized spacial score (nSPS) is 14.1. The highest BCUT2D eigenvalue weighted by Gasteiger charge is 2.47. The molecule has 0 atom stereocenters. The van der Waals surface area contributed by atoms with Gasteiger partial charge in [-0.3, -0.25) is 9.59 Å². The van der Waals surface area contributed by atoms with Gasteiger partial charge in [0.15, 0.2) is 5.71 Å². The molecule has 0 bridgehead atoms. The van der Waals surface area contributed by atoms with Gasteiger partial charge in [0.25, 0.3) is 11.8 Å². The Balaban J connectivity index is 1.39. The molecule has 0 saturated carbocycles. The summed E-state index contributed by atoms with van der Waals surface area (Å²) in [6, 6.07) is 18.2.